The van der Waals surface area contributed by atoms with E-state index in [1.807, 2.05) is 12.1 Å². The third-order valence-electron chi connectivity index (χ3n) is 4.42. The van der Waals surface area contributed by atoms with Crippen LogP contribution in [0.4, 0.5) is 5.82 Å². The van der Waals surface area contributed by atoms with Crippen LogP contribution in [0.1, 0.15) is 34.8 Å². The van der Waals surface area contributed by atoms with Gasteiger partial charge in [0.25, 0.3) is 0 Å². The molecule has 0 amide bonds. The normalized spacial score (nSPS) is 12.2. The van der Waals surface area contributed by atoms with Crippen LogP contribution in [-0.4, -0.2) is 9.97 Å². The average Bonchev–Trinajstić information content (AvgIpc) is 3.04. The molecular weight excluding hydrogens is 338 g/mol. The van der Waals surface area contributed by atoms with Crippen LogP contribution in [0.25, 0.3) is 10.2 Å². The maximum Gasteiger partial charge on any atom is 0.139 e. The summed E-state index contributed by atoms with van der Waals surface area (Å²) in [5.74, 6) is 1.77. The van der Waals surface area contributed by atoms with Gasteiger partial charge in [-0.2, -0.15) is 0 Å². The van der Waals surface area contributed by atoms with Gasteiger partial charge in [-0.25, -0.2) is 9.97 Å². The van der Waals surface area contributed by atoms with Crippen LogP contribution < -0.4 is 5.32 Å². The lowest BCUT2D eigenvalue weighted by atomic mass is 10.1. The SMILES string of the molecule is Cc1cc2c(NC(C)c3ccccc3)nc(Cc3ccccc3)nc2s1. The largest absolute Gasteiger partial charge is 0.363 e. The zero-order chi connectivity index (χ0) is 17.9. The topological polar surface area (TPSA) is 37.8 Å². The van der Waals surface area contributed by atoms with Gasteiger partial charge in [0, 0.05) is 17.3 Å². The Morgan fingerprint density at radius 2 is 1.65 bits per heavy atom. The van der Waals surface area contributed by atoms with Gasteiger partial charge in [-0.1, -0.05) is 60.7 Å². The van der Waals surface area contributed by atoms with E-state index in [0.717, 1.165) is 28.3 Å². The molecule has 0 aliphatic carbocycles. The fourth-order valence-electron chi connectivity index (χ4n) is 3.08. The van der Waals surface area contributed by atoms with E-state index < -0.39 is 0 Å². The summed E-state index contributed by atoms with van der Waals surface area (Å²) in [6, 6.07) is 23.2. The van der Waals surface area contributed by atoms with E-state index in [2.05, 4.69) is 73.8 Å². The number of rotatable bonds is 5. The molecule has 4 rings (SSSR count). The number of thiophene rings is 1. The molecule has 26 heavy (non-hydrogen) atoms. The first-order chi connectivity index (χ1) is 12.7. The van der Waals surface area contributed by atoms with E-state index in [4.69, 9.17) is 9.97 Å². The summed E-state index contributed by atoms with van der Waals surface area (Å²) in [4.78, 5) is 12.0. The second kappa shape index (κ2) is 7.26. The maximum atomic E-state index is 4.86. The van der Waals surface area contributed by atoms with Gasteiger partial charge in [0.05, 0.1) is 5.39 Å². The van der Waals surface area contributed by atoms with Gasteiger partial charge in [0.1, 0.15) is 16.5 Å². The first kappa shape index (κ1) is 16.7. The lowest BCUT2D eigenvalue weighted by Crippen LogP contribution is -2.10. The predicted molar refractivity (Wildman–Crippen MR) is 110 cm³/mol. The van der Waals surface area contributed by atoms with Gasteiger partial charge in [-0.3, -0.25) is 0 Å². The van der Waals surface area contributed by atoms with E-state index >= 15 is 0 Å². The molecule has 0 saturated heterocycles. The fraction of sp³-hybridized carbons (Fsp3) is 0.182. The summed E-state index contributed by atoms with van der Waals surface area (Å²) < 4.78 is 0. The lowest BCUT2D eigenvalue weighted by Gasteiger charge is -2.16. The highest BCUT2D eigenvalue weighted by Crippen LogP contribution is 2.31. The average molecular weight is 359 g/mol. The van der Waals surface area contributed by atoms with E-state index in [-0.39, 0.29) is 6.04 Å². The molecule has 0 bridgehead atoms. The van der Waals surface area contributed by atoms with Crippen molar-refractivity contribution in [1.82, 2.24) is 9.97 Å². The smallest absolute Gasteiger partial charge is 0.139 e. The number of aromatic nitrogens is 2. The maximum absolute atomic E-state index is 4.86. The van der Waals surface area contributed by atoms with Crippen LogP contribution >= 0.6 is 11.3 Å². The zero-order valence-electron chi connectivity index (χ0n) is 14.9. The highest BCUT2D eigenvalue weighted by atomic mass is 32.1. The number of nitrogens with zero attached hydrogens (tertiary/aromatic N) is 2. The second-order valence-electron chi connectivity index (χ2n) is 6.50. The molecule has 2 aromatic heterocycles. The summed E-state index contributed by atoms with van der Waals surface area (Å²) in [6.07, 6.45) is 0.738. The number of benzene rings is 2. The van der Waals surface area contributed by atoms with Crippen molar-refractivity contribution in [2.24, 2.45) is 0 Å². The van der Waals surface area contributed by atoms with Crippen molar-refractivity contribution >= 4 is 27.4 Å². The van der Waals surface area contributed by atoms with E-state index in [0.29, 0.717) is 0 Å². The monoisotopic (exact) mass is 359 g/mol. The summed E-state index contributed by atoms with van der Waals surface area (Å²) in [7, 11) is 0. The van der Waals surface area contributed by atoms with Crippen LogP contribution in [0.5, 0.6) is 0 Å². The number of hydrogen-bond acceptors (Lipinski definition) is 4. The standard InChI is InChI=1S/C22H21N3S/c1-15-13-19-21(23-16(2)18-11-7-4-8-12-18)24-20(25-22(19)26-15)14-17-9-5-3-6-10-17/h3-13,16H,14H2,1-2H3,(H,23,24,25). The van der Waals surface area contributed by atoms with E-state index in [1.54, 1.807) is 11.3 Å². The molecule has 0 aliphatic heterocycles. The number of hydrogen-bond donors (Lipinski definition) is 1. The Hall–Kier alpha value is -2.72. The third-order valence-corrected chi connectivity index (χ3v) is 5.36. The highest BCUT2D eigenvalue weighted by molar-refractivity contribution is 7.18. The summed E-state index contributed by atoms with van der Waals surface area (Å²) in [6.45, 7) is 4.28. The number of fused-ring (bicyclic) bond motifs is 1. The predicted octanol–water partition coefficient (Wildman–Crippen LogP) is 5.76. The first-order valence-electron chi connectivity index (χ1n) is 8.81. The van der Waals surface area contributed by atoms with Crippen LogP contribution in [0.15, 0.2) is 66.7 Å². The van der Waals surface area contributed by atoms with Crippen molar-refractivity contribution in [3.05, 3.63) is 88.6 Å². The molecule has 0 fully saturated rings. The molecular formula is C22H21N3S. The molecule has 2 heterocycles. The van der Waals surface area contributed by atoms with Gasteiger partial charge in [0.2, 0.25) is 0 Å². The van der Waals surface area contributed by atoms with Crippen LogP contribution in [0.3, 0.4) is 0 Å². The van der Waals surface area contributed by atoms with Crippen molar-refractivity contribution in [3.8, 4) is 0 Å². The molecule has 3 nitrogen and oxygen atoms in total. The number of nitrogens with one attached hydrogen (secondary N) is 1. The van der Waals surface area contributed by atoms with Crippen molar-refractivity contribution in [1.29, 1.82) is 0 Å². The Morgan fingerprint density at radius 1 is 0.962 bits per heavy atom. The van der Waals surface area contributed by atoms with Crippen LogP contribution in [0.2, 0.25) is 0 Å². The van der Waals surface area contributed by atoms with Gasteiger partial charge < -0.3 is 5.32 Å². The van der Waals surface area contributed by atoms with Gasteiger partial charge in [0.15, 0.2) is 0 Å². The molecule has 0 spiro atoms. The molecule has 0 aliphatic rings. The Balaban J connectivity index is 1.70. The highest BCUT2D eigenvalue weighted by Gasteiger charge is 2.14. The van der Waals surface area contributed by atoms with Gasteiger partial charge in [-0.15, -0.1) is 11.3 Å². The minimum Gasteiger partial charge on any atom is -0.363 e. The van der Waals surface area contributed by atoms with Crippen LogP contribution in [0, 0.1) is 6.92 Å². The molecule has 1 atom stereocenters. The summed E-state index contributed by atoms with van der Waals surface area (Å²) in [5, 5.41) is 4.70. The van der Waals surface area contributed by atoms with Crippen molar-refractivity contribution in [3.63, 3.8) is 0 Å². The first-order valence-corrected chi connectivity index (χ1v) is 9.63. The Kier molecular flexibility index (Phi) is 4.67. The number of anilines is 1. The molecule has 2 aromatic carbocycles. The third kappa shape index (κ3) is 3.60. The quantitative estimate of drug-likeness (QED) is 0.492. The Bertz CT molecular complexity index is 1010. The summed E-state index contributed by atoms with van der Waals surface area (Å²) in [5.41, 5.74) is 2.47. The lowest BCUT2D eigenvalue weighted by molar-refractivity contribution is 0.868. The van der Waals surface area contributed by atoms with Crippen LogP contribution in [-0.2, 0) is 6.42 Å². The minimum atomic E-state index is 0.180. The van der Waals surface area contributed by atoms with Crippen molar-refractivity contribution < 1.29 is 0 Å². The summed E-state index contributed by atoms with van der Waals surface area (Å²) >= 11 is 1.72. The second-order valence-corrected chi connectivity index (χ2v) is 7.74. The van der Waals surface area contributed by atoms with Crippen molar-refractivity contribution in [2.75, 3.05) is 5.32 Å². The van der Waals surface area contributed by atoms with E-state index in [1.165, 1.54) is 16.0 Å². The Morgan fingerprint density at radius 3 is 2.38 bits per heavy atom. The zero-order valence-corrected chi connectivity index (χ0v) is 15.8. The molecule has 1 N–H and O–H groups in total. The molecule has 4 heteroatoms. The fourth-order valence-corrected chi connectivity index (χ4v) is 3.98. The molecule has 130 valence electrons. The number of aryl methyl sites for hydroxylation is 1. The Labute approximate surface area is 157 Å². The van der Waals surface area contributed by atoms with Gasteiger partial charge >= 0.3 is 0 Å². The molecule has 1 unspecified atom stereocenters. The van der Waals surface area contributed by atoms with Crippen molar-refractivity contribution in [2.45, 2.75) is 26.3 Å². The molecule has 0 saturated carbocycles. The van der Waals surface area contributed by atoms with Gasteiger partial charge in [-0.05, 0) is 31.0 Å². The minimum absolute atomic E-state index is 0.180. The van der Waals surface area contributed by atoms with E-state index in [9.17, 15) is 0 Å². The molecule has 0 radical (unpaired) electrons. The molecule has 4 aromatic rings.